The molecule has 1 aromatic carbocycles. The molecule has 0 radical (unpaired) electrons. The third kappa shape index (κ3) is 4.30. The molecule has 3 aliphatic rings. The molecule has 4 unspecified atom stereocenters. The van der Waals surface area contributed by atoms with E-state index >= 15 is 0 Å². The third-order valence-corrected chi connectivity index (χ3v) is 7.06. The first-order chi connectivity index (χ1) is 16.4. The summed E-state index contributed by atoms with van der Waals surface area (Å²) in [5, 5.41) is 23.4. The van der Waals surface area contributed by atoms with Crippen molar-refractivity contribution in [3.05, 3.63) is 34.9 Å². The van der Waals surface area contributed by atoms with Gasteiger partial charge in [-0.05, 0) is 31.1 Å². The molecule has 0 saturated heterocycles. The van der Waals surface area contributed by atoms with Crippen molar-refractivity contribution in [3.63, 3.8) is 0 Å². The van der Waals surface area contributed by atoms with Gasteiger partial charge in [0.1, 0.15) is 18.5 Å². The lowest BCUT2D eigenvalue weighted by atomic mass is 9.76. The van der Waals surface area contributed by atoms with Crippen LogP contribution >= 0.6 is 0 Å². The van der Waals surface area contributed by atoms with Crippen molar-refractivity contribution in [1.82, 2.24) is 10.2 Å². The van der Waals surface area contributed by atoms with E-state index in [-0.39, 0.29) is 25.1 Å². The summed E-state index contributed by atoms with van der Waals surface area (Å²) in [7, 11) is 1.46. The molecule has 4 rings (SSSR count). The number of hydrogen-bond acceptors (Lipinski definition) is 7. The smallest absolute Gasteiger partial charge is 0.247 e. The minimum atomic E-state index is -1.10. The van der Waals surface area contributed by atoms with Crippen molar-refractivity contribution in [3.8, 4) is 11.5 Å². The maximum atomic E-state index is 13.2. The second-order valence-corrected chi connectivity index (χ2v) is 9.12. The lowest BCUT2D eigenvalue weighted by molar-refractivity contribution is -0.139. The van der Waals surface area contributed by atoms with Crippen LogP contribution in [0.25, 0.3) is 0 Å². The Morgan fingerprint density at radius 3 is 2.62 bits per heavy atom. The van der Waals surface area contributed by atoms with Crippen LogP contribution < -0.4 is 14.8 Å². The van der Waals surface area contributed by atoms with E-state index in [0.717, 1.165) is 32.1 Å². The Labute approximate surface area is 198 Å². The highest BCUT2D eigenvalue weighted by Crippen LogP contribution is 2.51. The van der Waals surface area contributed by atoms with Gasteiger partial charge in [-0.15, -0.1) is 0 Å². The topological polar surface area (TPSA) is 125 Å². The molecule has 3 N–H and O–H groups in total. The molecular formula is C25H32N2O7. The Morgan fingerprint density at radius 2 is 2.00 bits per heavy atom. The highest BCUT2D eigenvalue weighted by Gasteiger charge is 2.52. The Balaban J connectivity index is 1.81. The second kappa shape index (κ2) is 10.1. The maximum absolute atomic E-state index is 13.2. The van der Waals surface area contributed by atoms with Crippen LogP contribution in [0.4, 0.5) is 0 Å². The number of rotatable bonds is 7. The number of nitrogens with one attached hydrogen (secondary N) is 1. The van der Waals surface area contributed by atoms with Crippen molar-refractivity contribution in [2.75, 3.05) is 20.3 Å². The highest BCUT2D eigenvalue weighted by molar-refractivity contribution is 5.96. The molecule has 2 aliphatic carbocycles. The lowest BCUT2D eigenvalue weighted by Gasteiger charge is -2.44. The molecule has 0 spiro atoms. The van der Waals surface area contributed by atoms with Gasteiger partial charge in [-0.3, -0.25) is 14.4 Å². The predicted octanol–water partition coefficient (Wildman–Crippen LogP) is 1.31. The van der Waals surface area contributed by atoms with E-state index in [2.05, 4.69) is 5.32 Å². The minimum Gasteiger partial charge on any atom is -0.493 e. The van der Waals surface area contributed by atoms with Crippen LogP contribution in [-0.2, 0) is 9.59 Å². The van der Waals surface area contributed by atoms with E-state index < -0.39 is 30.1 Å². The number of amides is 2. The molecule has 1 saturated carbocycles. The van der Waals surface area contributed by atoms with Crippen molar-refractivity contribution >= 4 is 18.1 Å². The normalized spacial score (nSPS) is 25.9. The number of aldehydes is 1. The van der Waals surface area contributed by atoms with Gasteiger partial charge in [0, 0.05) is 36.2 Å². The molecule has 1 fully saturated rings. The van der Waals surface area contributed by atoms with E-state index in [1.165, 1.54) is 14.0 Å². The summed E-state index contributed by atoms with van der Waals surface area (Å²) in [6, 6.07) is 2.41. The number of ether oxygens (including phenoxy) is 2. The summed E-state index contributed by atoms with van der Waals surface area (Å²) < 4.78 is 11.6. The summed E-state index contributed by atoms with van der Waals surface area (Å²) in [6.45, 7) is 1.32. The number of aliphatic hydroxyl groups excluding tert-OH is 2. The van der Waals surface area contributed by atoms with Gasteiger partial charge in [-0.25, -0.2) is 0 Å². The van der Waals surface area contributed by atoms with E-state index in [1.807, 2.05) is 0 Å². The zero-order chi connectivity index (χ0) is 24.4. The fourth-order valence-electron chi connectivity index (χ4n) is 5.60. The summed E-state index contributed by atoms with van der Waals surface area (Å²) in [5.74, 6) is -0.537. The number of aliphatic hydroxyl groups is 2. The summed E-state index contributed by atoms with van der Waals surface area (Å²) in [5.41, 5.74) is 1.26. The second-order valence-electron chi connectivity index (χ2n) is 9.12. The van der Waals surface area contributed by atoms with Crippen molar-refractivity contribution in [1.29, 1.82) is 0 Å². The molecule has 1 aromatic rings. The molecule has 184 valence electrons. The summed E-state index contributed by atoms with van der Waals surface area (Å²) >= 11 is 0. The van der Waals surface area contributed by atoms with E-state index in [0.29, 0.717) is 34.5 Å². The average Bonchev–Trinajstić information content (AvgIpc) is 3.24. The van der Waals surface area contributed by atoms with Crippen molar-refractivity contribution in [2.45, 2.75) is 69.2 Å². The van der Waals surface area contributed by atoms with Gasteiger partial charge < -0.3 is 29.9 Å². The first-order valence-corrected chi connectivity index (χ1v) is 11.8. The first kappa shape index (κ1) is 24.2. The van der Waals surface area contributed by atoms with Crippen LogP contribution in [0, 0.1) is 0 Å². The zero-order valence-corrected chi connectivity index (χ0v) is 19.5. The van der Waals surface area contributed by atoms with Crippen LogP contribution in [0.1, 0.15) is 60.9 Å². The number of nitrogens with zero attached hydrogens (tertiary/aromatic N) is 1. The van der Waals surface area contributed by atoms with Gasteiger partial charge in [0.05, 0.1) is 25.7 Å². The van der Waals surface area contributed by atoms with Gasteiger partial charge in [-0.1, -0.05) is 19.3 Å². The third-order valence-electron chi connectivity index (χ3n) is 7.06. The highest BCUT2D eigenvalue weighted by atomic mass is 16.5. The molecule has 2 amide bonds. The maximum Gasteiger partial charge on any atom is 0.247 e. The standard InChI is InChI=1S/C25H32N2O7/c1-14(30)27(16-6-4-3-5-7-16)19-12-18(25(32)26-8-9-28)21-17-10-15(13-29)11-20(33-2)23(17)34-24(21)22(19)31/h10-13,16,19,21-22,24,28,31H,3-9H2,1-2H3,(H,26,32). The zero-order valence-electron chi connectivity index (χ0n) is 19.5. The quantitative estimate of drug-likeness (QED) is 0.511. The van der Waals surface area contributed by atoms with Gasteiger partial charge in [-0.2, -0.15) is 0 Å². The fourth-order valence-corrected chi connectivity index (χ4v) is 5.60. The number of hydrogen-bond donors (Lipinski definition) is 3. The number of fused-ring (bicyclic) bond motifs is 3. The largest absolute Gasteiger partial charge is 0.493 e. The molecule has 1 heterocycles. The van der Waals surface area contributed by atoms with Crippen LogP contribution in [0.5, 0.6) is 11.5 Å². The number of carbonyl (C=O) groups is 3. The van der Waals surface area contributed by atoms with E-state index in [4.69, 9.17) is 9.47 Å². The Kier molecular flexibility index (Phi) is 7.23. The molecule has 9 nitrogen and oxygen atoms in total. The SMILES string of the molecule is COc1cc(C=O)cc2c1OC1C2C(C(=O)NCCO)=CC(N(C(C)=O)C2CCCCC2)C1O. The number of benzene rings is 1. The average molecular weight is 473 g/mol. The molecule has 1 aliphatic heterocycles. The van der Waals surface area contributed by atoms with Crippen LogP contribution in [0.2, 0.25) is 0 Å². The van der Waals surface area contributed by atoms with Gasteiger partial charge >= 0.3 is 0 Å². The number of methoxy groups -OCH3 is 1. The lowest BCUT2D eigenvalue weighted by Crippen LogP contribution is -2.58. The van der Waals surface area contributed by atoms with Crippen LogP contribution in [0.15, 0.2) is 23.8 Å². The van der Waals surface area contributed by atoms with Crippen molar-refractivity contribution < 1.29 is 34.1 Å². The predicted molar refractivity (Wildman–Crippen MR) is 123 cm³/mol. The molecule has 34 heavy (non-hydrogen) atoms. The molecular weight excluding hydrogens is 440 g/mol. The van der Waals surface area contributed by atoms with Crippen LogP contribution in [0.3, 0.4) is 0 Å². The Hall–Kier alpha value is -2.91. The number of carbonyl (C=O) groups excluding carboxylic acids is 3. The monoisotopic (exact) mass is 472 g/mol. The molecule has 9 heteroatoms. The molecule has 0 aromatic heterocycles. The minimum absolute atomic E-state index is 0.0274. The van der Waals surface area contributed by atoms with Gasteiger partial charge in [0.2, 0.25) is 11.8 Å². The fraction of sp³-hybridized carbons (Fsp3) is 0.560. The van der Waals surface area contributed by atoms with Gasteiger partial charge in [0.15, 0.2) is 11.5 Å². The summed E-state index contributed by atoms with van der Waals surface area (Å²) in [4.78, 5) is 39.2. The van der Waals surface area contributed by atoms with Crippen molar-refractivity contribution in [2.24, 2.45) is 0 Å². The Morgan fingerprint density at radius 1 is 1.26 bits per heavy atom. The van der Waals surface area contributed by atoms with Gasteiger partial charge in [0.25, 0.3) is 0 Å². The molecule has 0 bridgehead atoms. The molecule has 4 atom stereocenters. The summed E-state index contributed by atoms with van der Waals surface area (Å²) in [6.07, 6.45) is 5.21. The van der Waals surface area contributed by atoms with Crippen LogP contribution in [-0.4, -0.2) is 77.8 Å². The Bertz CT molecular complexity index is 986. The first-order valence-electron chi connectivity index (χ1n) is 11.8. The van der Waals surface area contributed by atoms with E-state index in [9.17, 15) is 24.6 Å². The van der Waals surface area contributed by atoms with E-state index in [1.54, 1.807) is 23.1 Å².